The van der Waals surface area contributed by atoms with Gasteiger partial charge in [-0.05, 0) is 63.9 Å². The predicted octanol–water partition coefficient (Wildman–Crippen LogP) is -6.59. The Kier molecular flexibility index (Phi) is 45.1. The first-order valence-corrected chi connectivity index (χ1v) is 43.9. The number of hydrogen-bond acceptors (Lipinski definition) is 29. The zero-order chi connectivity index (χ0) is 92.5. The molecule has 0 unspecified atom stereocenters. The van der Waals surface area contributed by atoms with E-state index in [1.54, 1.807) is 45.0 Å². The molecule has 0 saturated carbocycles. The van der Waals surface area contributed by atoms with E-state index in [1.807, 2.05) is 11.8 Å². The molecule has 1 aromatic rings. The number of ether oxygens (including phenoxy) is 3. The van der Waals surface area contributed by atoms with Crippen LogP contribution in [0.25, 0.3) is 0 Å². The second kappa shape index (κ2) is 54.5. The van der Waals surface area contributed by atoms with Crippen molar-refractivity contribution in [2.45, 2.75) is 171 Å². The number of likely N-dealkylation sites (N-methyl/N-ethyl adjacent to an activating group) is 1. The van der Waals surface area contributed by atoms with Crippen molar-refractivity contribution in [2.24, 2.45) is 11.5 Å². The summed E-state index contributed by atoms with van der Waals surface area (Å²) < 4.78 is 16.9. The minimum absolute atomic E-state index is 0.00579. The van der Waals surface area contributed by atoms with Gasteiger partial charge in [0, 0.05) is 136 Å². The van der Waals surface area contributed by atoms with Crippen molar-refractivity contribution in [3.05, 3.63) is 45.7 Å². The van der Waals surface area contributed by atoms with Gasteiger partial charge in [0.1, 0.15) is 54.4 Å². The van der Waals surface area contributed by atoms with E-state index in [1.165, 1.54) is 9.80 Å². The fraction of sp³-hybridized carbons (Fsp3) is 0.658. The molecule has 5 aliphatic rings. The van der Waals surface area contributed by atoms with Gasteiger partial charge in [0.25, 0.3) is 11.8 Å². The molecule has 1 aromatic carbocycles. The first-order valence-electron chi connectivity index (χ1n) is 41.9. The number of imide groups is 1. The van der Waals surface area contributed by atoms with Crippen LogP contribution in [0.4, 0.5) is 0 Å². The highest BCUT2D eigenvalue weighted by atomic mass is 32.2. The highest BCUT2D eigenvalue weighted by Gasteiger charge is 2.47. The van der Waals surface area contributed by atoms with E-state index in [0.29, 0.717) is 85.9 Å². The van der Waals surface area contributed by atoms with Crippen LogP contribution in [0.15, 0.2) is 40.1 Å². The molecule has 5 heterocycles. The maximum atomic E-state index is 15.4. The molecule has 10 atom stereocenters. The number of carboxylic acids is 4. The largest absolute Gasteiger partial charge is 0.481 e. The number of carbonyl (C=O) groups excluding carboxylic acids is 15. The number of thioether (sulfide) groups is 2. The van der Waals surface area contributed by atoms with Gasteiger partial charge in [0.05, 0.1) is 74.9 Å². The van der Waals surface area contributed by atoms with E-state index in [9.17, 15) is 112 Å². The number of hydrogen-bond donors (Lipinski definition) is 16. The molecule has 45 nitrogen and oxygen atoms in total. The van der Waals surface area contributed by atoms with Crippen LogP contribution < -0.4 is 59.3 Å². The number of unbranched alkanes of at least 4 members (excludes halogenated alkanes) is 1. The second-order valence-electron chi connectivity index (χ2n) is 30.8. The summed E-state index contributed by atoms with van der Waals surface area (Å²) in [5.74, 6) is -19.9. The molecule has 18 N–H and O–H groups in total. The molecule has 0 spiro atoms. The van der Waals surface area contributed by atoms with Crippen molar-refractivity contribution in [1.29, 1.82) is 0 Å². The molecular weight excluding hydrogens is 1700 g/mol. The molecule has 3 fully saturated rings. The first kappa shape index (κ1) is 104. The Morgan fingerprint density at radius 2 is 1.02 bits per heavy atom. The normalized spacial score (nSPS) is 22.0. The molecule has 5 aliphatic heterocycles. The van der Waals surface area contributed by atoms with Gasteiger partial charge < -0.3 is 109 Å². The van der Waals surface area contributed by atoms with Gasteiger partial charge in [-0.25, -0.2) is 0 Å². The number of primary amides is 2. The summed E-state index contributed by atoms with van der Waals surface area (Å²) in [4.78, 5) is 267. The highest BCUT2D eigenvalue weighted by molar-refractivity contribution is 8.08. The second-order valence-corrected chi connectivity index (χ2v) is 32.9. The van der Waals surface area contributed by atoms with Gasteiger partial charge in [-0.3, -0.25) is 116 Å². The van der Waals surface area contributed by atoms with Crippen molar-refractivity contribution in [3.63, 3.8) is 0 Å². The molecule has 126 heavy (non-hydrogen) atoms. The lowest BCUT2D eigenvalue weighted by Gasteiger charge is -2.34. The van der Waals surface area contributed by atoms with Crippen LogP contribution in [0.5, 0.6) is 0 Å². The Labute approximate surface area is 736 Å². The van der Waals surface area contributed by atoms with Crippen LogP contribution in [-0.4, -0.2) is 396 Å². The molecule has 700 valence electrons. The van der Waals surface area contributed by atoms with Gasteiger partial charge >= 0.3 is 23.9 Å². The summed E-state index contributed by atoms with van der Waals surface area (Å²) in [7, 11) is 1.12. The number of aliphatic carboxylic acids is 4. The highest BCUT2D eigenvalue weighted by Crippen LogP contribution is 2.37. The number of amides is 15. The minimum Gasteiger partial charge on any atom is -0.481 e. The van der Waals surface area contributed by atoms with Crippen molar-refractivity contribution >= 4 is 136 Å². The molecule has 0 bridgehead atoms. The molecule has 3 saturated heterocycles. The van der Waals surface area contributed by atoms with Crippen LogP contribution >= 0.6 is 23.5 Å². The lowest BCUT2D eigenvalue weighted by atomic mass is 10.0. The SMILES string of the molecule is CCCC[C@H](NC(=O)CCC(=O)NCCCOCCOCCOCCCNC(=O)CN1CCN(CC(=O)O)CCN(CC(=O)O)CCN(CC(=O)O)CC1)C(=O)N[C@H]1CSC2=C(SC[C@@H](C(=O)N[C@@H](CC(=O)O)C(N)=O)NC(=O)[C@H](Cc3ccccc3)NC(=O)[C@H](CCC(N)=O)NC(=O)[C@H]([C@@H](C)O)NC(=O)[C@@H]3CCCN3C(=O)[C@@H]3CCCN3C1=O)C(=O)N(C)C2=O. The van der Waals surface area contributed by atoms with Crippen molar-refractivity contribution < 1.29 is 131 Å². The summed E-state index contributed by atoms with van der Waals surface area (Å²) in [6.45, 7) is 5.97. The van der Waals surface area contributed by atoms with E-state index in [0.717, 1.165) is 14.0 Å². The van der Waals surface area contributed by atoms with Gasteiger partial charge in [-0.2, -0.15) is 0 Å². The summed E-state index contributed by atoms with van der Waals surface area (Å²) in [5, 5.41) is 72.2. The number of aliphatic hydroxyl groups excluding tert-OH is 1. The molecule has 0 aromatic heterocycles. The third-order valence-corrected chi connectivity index (χ3v) is 23.5. The quantitative estimate of drug-likeness (QED) is 0.0214. The topological polar surface area (TPSA) is 636 Å². The number of carboxylic acid groups (broad SMARTS) is 4. The van der Waals surface area contributed by atoms with Gasteiger partial charge in [-0.1, -0.05) is 50.1 Å². The summed E-state index contributed by atoms with van der Waals surface area (Å²) in [6.07, 6.45) is -2.62. The molecule has 47 heteroatoms. The number of fused-ring (bicyclic) bond motifs is 2. The van der Waals surface area contributed by atoms with Crippen LogP contribution in [-0.2, 0) is 112 Å². The van der Waals surface area contributed by atoms with Crippen LogP contribution in [0.2, 0.25) is 0 Å². The molecular formula is C79H120N18O27S2. The lowest BCUT2D eigenvalue weighted by molar-refractivity contribution is -0.148. The smallest absolute Gasteiger partial charge is 0.317 e. The number of aliphatic hydroxyl groups is 1. The maximum Gasteiger partial charge on any atom is 0.317 e. The van der Waals surface area contributed by atoms with Crippen molar-refractivity contribution in [3.8, 4) is 0 Å². The Hall–Kier alpha value is -10.5. The van der Waals surface area contributed by atoms with Crippen LogP contribution in [0, 0.1) is 0 Å². The molecule has 6 rings (SSSR count). The van der Waals surface area contributed by atoms with Crippen molar-refractivity contribution in [2.75, 3.05) is 163 Å². The van der Waals surface area contributed by atoms with Crippen molar-refractivity contribution in [1.82, 2.24) is 82.2 Å². The summed E-state index contributed by atoms with van der Waals surface area (Å²) >= 11 is 1.12. The van der Waals surface area contributed by atoms with Crippen LogP contribution in [0.3, 0.4) is 0 Å². The number of nitrogens with zero attached hydrogens (tertiary/aromatic N) is 7. The Balaban J connectivity index is 1.08. The maximum absolute atomic E-state index is 15.4. The lowest BCUT2D eigenvalue weighted by Crippen LogP contribution is -2.62. The zero-order valence-corrected chi connectivity index (χ0v) is 72.7. The number of benzene rings is 1. The number of carbonyl (C=O) groups is 19. The fourth-order valence-electron chi connectivity index (χ4n) is 14.2. The number of nitrogens with two attached hydrogens (primary N) is 2. The van der Waals surface area contributed by atoms with Gasteiger partial charge in [0.2, 0.25) is 76.8 Å². The van der Waals surface area contributed by atoms with E-state index >= 15 is 4.79 Å². The van der Waals surface area contributed by atoms with E-state index in [4.69, 9.17) is 25.7 Å². The van der Waals surface area contributed by atoms with Gasteiger partial charge in [-0.15, -0.1) is 23.5 Å². The number of nitrogens with one attached hydrogen (secondary N) is 9. The Morgan fingerprint density at radius 1 is 0.532 bits per heavy atom. The molecule has 15 amide bonds. The van der Waals surface area contributed by atoms with E-state index < -0.39 is 204 Å². The van der Waals surface area contributed by atoms with Crippen LogP contribution in [0.1, 0.15) is 109 Å². The molecule has 0 radical (unpaired) electrons. The average Bonchev–Trinajstić information content (AvgIpc) is 1.64. The first-order chi connectivity index (χ1) is 60.0. The van der Waals surface area contributed by atoms with E-state index in [-0.39, 0.29) is 179 Å². The standard InChI is InChI=1S/C79H120N18O27S2/c1-4-5-15-50(84-60(101)21-20-59(100)82-22-11-34-122-36-38-124-39-37-123-35-12-23-83-61(102)42-92-26-28-93(43-63(105)106)30-32-95(45-65(109)110)33-31-94(29-27-92)44-64(107)108)70(112)89-55-47-126-68-67(78(120)91(3)79(68)121)125-46-54(73(115)86-52(69(81)111)41-62(103)104)88-72(114)53(40-49-13-7-6-8-14-49)87-71(113)51(18-19-58(80)99)85-75(117)66(48(2)98)90-74(116)56-16-9-24-96(56)77(119)57-17-10-25-97(57)76(55)118/h6-8,13-14,48,50-57,66,98H,4-5,9-12,15-47H2,1-3H3,(H2,80,99)(H2,81,111)(H,82,100)(H,83,102)(H,84,101)(H,85,117)(H,86,115)(H,87,113)(H,88,114)(H,89,112)(H,90,116)(H,103,104)(H,105,106)(H,107,108)(H,109,110)/t48-,50+,51+,52+,53+,54+,55+,56+,57+,66+/m1/s1. The monoisotopic (exact) mass is 1820 g/mol. The van der Waals surface area contributed by atoms with E-state index in [2.05, 4.69) is 47.9 Å². The fourth-order valence-corrected chi connectivity index (χ4v) is 16.6. The zero-order valence-electron chi connectivity index (χ0n) is 71.1. The average molecular weight is 1820 g/mol. The Morgan fingerprint density at radius 3 is 1.54 bits per heavy atom. The Bertz CT molecular complexity index is 3970. The van der Waals surface area contributed by atoms with Gasteiger partial charge in [0.15, 0.2) is 0 Å². The summed E-state index contributed by atoms with van der Waals surface area (Å²) in [5.41, 5.74) is 11.4. The third-order valence-electron chi connectivity index (χ3n) is 21.0. The predicted molar refractivity (Wildman–Crippen MR) is 450 cm³/mol. The third kappa shape index (κ3) is 36.1. The molecule has 0 aliphatic carbocycles. The number of rotatable bonds is 42. The minimum atomic E-state index is -1.92. The summed E-state index contributed by atoms with van der Waals surface area (Å²) in [6, 6.07) is -6.81.